The molecule has 3 rings (SSSR count). The molecule has 30 heavy (non-hydrogen) atoms. The van der Waals surface area contributed by atoms with Gasteiger partial charge in [0.1, 0.15) is 6.61 Å². The van der Waals surface area contributed by atoms with Gasteiger partial charge in [-0.2, -0.15) is 4.39 Å². The van der Waals surface area contributed by atoms with Crippen LogP contribution in [0, 0.1) is 17.6 Å². The summed E-state index contributed by atoms with van der Waals surface area (Å²) in [5.41, 5.74) is 1.87. The first kappa shape index (κ1) is 22.4. The summed E-state index contributed by atoms with van der Waals surface area (Å²) >= 11 is 0. The first-order valence-electron chi connectivity index (χ1n) is 10.6. The Balaban J connectivity index is 1.64. The summed E-state index contributed by atoms with van der Waals surface area (Å²) in [5.74, 6) is -1.53. The average molecular weight is 420 g/mol. The molecule has 0 N–H and O–H groups in total. The van der Waals surface area contributed by atoms with Gasteiger partial charge < -0.3 is 4.74 Å². The molecule has 0 saturated heterocycles. The second-order valence-corrected chi connectivity index (χ2v) is 7.93. The van der Waals surface area contributed by atoms with Crippen LogP contribution < -0.4 is 4.74 Å². The summed E-state index contributed by atoms with van der Waals surface area (Å²) in [4.78, 5) is 0. The third kappa shape index (κ3) is 5.65. The number of alkyl halides is 2. The number of rotatable bonds is 8. The summed E-state index contributed by atoms with van der Waals surface area (Å²) in [6.45, 7) is 1.08. The summed E-state index contributed by atoms with van der Waals surface area (Å²) in [6, 6.07) is 10.1. The fraction of sp³-hybridized carbons (Fsp3) is 0.440. The van der Waals surface area contributed by atoms with Crippen molar-refractivity contribution in [3.8, 4) is 16.9 Å². The van der Waals surface area contributed by atoms with Crippen LogP contribution in [0.25, 0.3) is 11.1 Å². The van der Waals surface area contributed by atoms with Crippen LogP contribution in [-0.2, 0) is 0 Å². The molecule has 1 aliphatic carbocycles. The van der Waals surface area contributed by atoms with Gasteiger partial charge in [-0.25, -0.2) is 13.2 Å². The van der Waals surface area contributed by atoms with Crippen molar-refractivity contribution in [3.63, 3.8) is 0 Å². The van der Waals surface area contributed by atoms with Gasteiger partial charge in [0.25, 0.3) is 6.43 Å². The molecule has 2 aromatic carbocycles. The Kier molecular flexibility index (Phi) is 7.94. The number of ether oxygens (including phenoxy) is 1. The normalized spacial score (nSPS) is 19.5. The maximum absolute atomic E-state index is 14.5. The molecule has 0 amide bonds. The van der Waals surface area contributed by atoms with E-state index in [0.29, 0.717) is 11.5 Å². The van der Waals surface area contributed by atoms with Crippen molar-refractivity contribution in [1.29, 1.82) is 0 Å². The predicted molar refractivity (Wildman–Crippen MR) is 112 cm³/mol. The summed E-state index contributed by atoms with van der Waals surface area (Å²) in [6.07, 6.45) is 8.73. The predicted octanol–water partition coefficient (Wildman–Crippen LogP) is 7.91. The molecule has 162 valence electrons. The lowest BCUT2D eigenvalue weighted by Crippen LogP contribution is -2.13. The van der Waals surface area contributed by atoms with Crippen molar-refractivity contribution < 1.29 is 22.3 Å². The van der Waals surface area contributed by atoms with Gasteiger partial charge in [0.2, 0.25) is 5.82 Å². The van der Waals surface area contributed by atoms with E-state index in [2.05, 4.69) is 23.8 Å². The van der Waals surface area contributed by atoms with Gasteiger partial charge in [-0.05, 0) is 80.5 Å². The number of hydrogen-bond acceptors (Lipinski definition) is 1. The third-order valence-corrected chi connectivity index (χ3v) is 5.93. The lowest BCUT2D eigenvalue weighted by Gasteiger charge is -2.28. The van der Waals surface area contributed by atoms with Crippen LogP contribution in [0.4, 0.5) is 17.6 Å². The molecule has 0 heterocycles. The molecular formula is C25H28F4O. The fourth-order valence-corrected chi connectivity index (χ4v) is 4.24. The highest BCUT2D eigenvalue weighted by Crippen LogP contribution is 2.38. The zero-order valence-corrected chi connectivity index (χ0v) is 17.2. The Morgan fingerprint density at radius 3 is 2.30 bits per heavy atom. The Bertz CT molecular complexity index is 837. The smallest absolute Gasteiger partial charge is 0.272 e. The third-order valence-electron chi connectivity index (χ3n) is 5.93. The topological polar surface area (TPSA) is 9.23 Å². The van der Waals surface area contributed by atoms with E-state index >= 15 is 0 Å². The largest absolute Gasteiger partial charge is 0.484 e. The Labute approximate surface area is 175 Å². The average Bonchev–Trinajstić information content (AvgIpc) is 2.76. The molecule has 1 saturated carbocycles. The van der Waals surface area contributed by atoms with Crippen LogP contribution in [0.2, 0.25) is 0 Å². The monoisotopic (exact) mass is 420 g/mol. The molecule has 0 bridgehead atoms. The van der Waals surface area contributed by atoms with E-state index in [9.17, 15) is 17.6 Å². The van der Waals surface area contributed by atoms with Crippen LogP contribution in [-0.4, -0.2) is 13.0 Å². The van der Waals surface area contributed by atoms with Crippen molar-refractivity contribution >= 4 is 0 Å². The zero-order chi connectivity index (χ0) is 21.5. The SMILES string of the molecule is C/C=C/CCC1CCC(c2ccc(-c3ccc(OCC(F)F)c(F)c3F)cc2)CC1. The van der Waals surface area contributed by atoms with Gasteiger partial charge in [-0.3, -0.25) is 0 Å². The number of halogens is 4. The molecule has 0 spiro atoms. The van der Waals surface area contributed by atoms with E-state index in [1.165, 1.54) is 37.0 Å². The number of hydrogen-bond donors (Lipinski definition) is 0. The maximum Gasteiger partial charge on any atom is 0.272 e. The lowest BCUT2D eigenvalue weighted by atomic mass is 9.77. The van der Waals surface area contributed by atoms with Crippen molar-refractivity contribution in [2.75, 3.05) is 6.61 Å². The molecule has 0 aromatic heterocycles. The van der Waals surface area contributed by atoms with Crippen LogP contribution in [0.5, 0.6) is 5.75 Å². The van der Waals surface area contributed by atoms with E-state index in [0.717, 1.165) is 25.2 Å². The van der Waals surface area contributed by atoms with Gasteiger partial charge in [0, 0.05) is 5.56 Å². The molecule has 0 unspecified atom stereocenters. The highest BCUT2D eigenvalue weighted by Gasteiger charge is 2.22. The van der Waals surface area contributed by atoms with E-state index in [4.69, 9.17) is 0 Å². The van der Waals surface area contributed by atoms with Crippen LogP contribution in [0.3, 0.4) is 0 Å². The van der Waals surface area contributed by atoms with Gasteiger partial charge in [-0.15, -0.1) is 0 Å². The second-order valence-electron chi connectivity index (χ2n) is 7.93. The maximum atomic E-state index is 14.5. The van der Waals surface area contributed by atoms with E-state index < -0.39 is 30.4 Å². The molecule has 1 nitrogen and oxygen atoms in total. The Morgan fingerprint density at radius 1 is 0.967 bits per heavy atom. The minimum atomic E-state index is -2.75. The van der Waals surface area contributed by atoms with Gasteiger partial charge in [0.05, 0.1) is 0 Å². The highest BCUT2D eigenvalue weighted by atomic mass is 19.3. The van der Waals surface area contributed by atoms with Crippen molar-refractivity contribution in [1.82, 2.24) is 0 Å². The first-order valence-corrected chi connectivity index (χ1v) is 10.6. The lowest BCUT2D eigenvalue weighted by molar-refractivity contribution is 0.0795. The molecular weight excluding hydrogens is 392 g/mol. The van der Waals surface area contributed by atoms with Crippen LogP contribution in [0.1, 0.15) is 56.9 Å². The summed E-state index contributed by atoms with van der Waals surface area (Å²) in [5, 5.41) is 0. The van der Waals surface area contributed by atoms with E-state index in [1.54, 1.807) is 12.1 Å². The fourth-order valence-electron chi connectivity index (χ4n) is 4.24. The quantitative estimate of drug-likeness (QED) is 0.311. The van der Waals surface area contributed by atoms with Crippen molar-refractivity contribution in [3.05, 3.63) is 65.7 Å². The van der Waals surface area contributed by atoms with Gasteiger partial charge in [-0.1, -0.05) is 36.4 Å². The summed E-state index contributed by atoms with van der Waals surface area (Å²) < 4.78 is 57.7. The second kappa shape index (κ2) is 10.6. The van der Waals surface area contributed by atoms with Crippen molar-refractivity contribution in [2.45, 2.75) is 57.8 Å². The zero-order valence-electron chi connectivity index (χ0n) is 17.2. The van der Waals surface area contributed by atoms with E-state index in [-0.39, 0.29) is 5.56 Å². The molecule has 1 fully saturated rings. The molecule has 5 heteroatoms. The van der Waals surface area contributed by atoms with Crippen molar-refractivity contribution in [2.24, 2.45) is 5.92 Å². The standard InChI is InChI=1S/C25H28F4O/c1-2-3-4-5-17-6-8-18(9-7-17)19-10-12-20(13-11-19)21-14-15-22(25(29)24(21)28)30-16-23(26)27/h2-3,10-15,17-18,23H,4-9,16H2,1H3/b3-2+. The Hall–Kier alpha value is -2.30. The van der Waals surface area contributed by atoms with Gasteiger partial charge in [0.15, 0.2) is 11.6 Å². The summed E-state index contributed by atoms with van der Waals surface area (Å²) in [7, 11) is 0. The molecule has 0 radical (unpaired) electrons. The molecule has 0 aliphatic heterocycles. The van der Waals surface area contributed by atoms with Crippen LogP contribution in [0.15, 0.2) is 48.6 Å². The highest BCUT2D eigenvalue weighted by molar-refractivity contribution is 5.65. The van der Waals surface area contributed by atoms with Gasteiger partial charge >= 0.3 is 0 Å². The first-order chi connectivity index (χ1) is 14.5. The van der Waals surface area contributed by atoms with E-state index in [1.807, 2.05) is 12.1 Å². The Morgan fingerprint density at radius 2 is 1.67 bits per heavy atom. The molecule has 2 aromatic rings. The number of allylic oxidation sites excluding steroid dienone is 2. The molecule has 0 atom stereocenters. The minimum absolute atomic E-state index is 0.0936. The molecule has 1 aliphatic rings. The van der Waals surface area contributed by atoms with Crippen LogP contribution >= 0.6 is 0 Å². The number of benzene rings is 2. The minimum Gasteiger partial charge on any atom is -0.484 e.